The predicted octanol–water partition coefficient (Wildman–Crippen LogP) is 3.49. The third-order valence-corrected chi connectivity index (χ3v) is 7.04. The number of anilines is 1. The molecule has 0 fully saturated rings. The quantitative estimate of drug-likeness (QED) is 0.176. The third-order valence-electron chi connectivity index (χ3n) is 7.04. The number of ether oxygens (including phenoxy) is 2. The van der Waals surface area contributed by atoms with E-state index in [1.54, 1.807) is 18.2 Å². The standard InChI is InChI=1S/C33H41N3O9/c1-21(18-22(2)32(43)45-33(3,4)5)19-23-10-11-25(44-31(42)9-7-17-36-29(40)14-15-30(36)41)24(20-23)34-26(37)8-6-16-35-27(38)12-13-28(35)39/h10-15,20-22H,6-9,16-19H2,1-5H3,(H,34,37)/t21-,22?/m1/s1. The van der Waals surface area contributed by atoms with Gasteiger partial charge in [-0.05, 0) is 70.1 Å². The Morgan fingerprint density at radius 2 is 1.36 bits per heavy atom. The summed E-state index contributed by atoms with van der Waals surface area (Å²) in [7, 11) is 0. The van der Waals surface area contributed by atoms with Crippen LogP contribution in [0.25, 0.3) is 0 Å². The van der Waals surface area contributed by atoms with Crippen LogP contribution >= 0.6 is 0 Å². The van der Waals surface area contributed by atoms with Gasteiger partial charge >= 0.3 is 11.9 Å². The van der Waals surface area contributed by atoms with Gasteiger partial charge in [0.1, 0.15) is 5.60 Å². The fourth-order valence-electron chi connectivity index (χ4n) is 4.95. The number of imide groups is 2. The normalized spacial score (nSPS) is 15.9. The second-order valence-corrected chi connectivity index (χ2v) is 12.4. The molecular weight excluding hydrogens is 582 g/mol. The highest BCUT2D eigenvalue weighted by atomic mass is 16.6. The van der Waals surface area contributed by atoms with Crippen LogP contribution in [0.2, 0.25) is 0 Å². The maximum Gasteiger partial charge on any atom is 0.311 e. The highest BCUT2D eigenvalue weighted by molar-refractivity contribution is 6.13. The van der Waals surface area contributed by atoms with E-state index in [9.17, 15) is 33.6 Å². The van der Waals surface area contributed by atoms with E-state index in [1.165, 1.54) is 24.3 Å². The molecule has 0 radical (unpaired) electrons. The first kappa shape index (κ1) is 34.9. The van der Waals surface area contributed by atoms with Gasteiger partial charge in [-0.3, -0.25) is 43.4 Å². The Bertz CT molecular complexity index is 1370. The Morgan fingerprint density at radius 3 is 1.89 bits per heavy atom. The largest absolute Gasteiger partial charge is 0.460 e. The van der Waals surface area contributed by atoms with Crippen molar-refractivity contribution in [2.24, 2.45) is 11.8 Å². The van der Waals surface area contributed by atoms with Crippen molar-refractivity contribution in [1.82, 2.24) is 9.80 Å². The highest BCUT2D eigenvalue weighted by Gasteiger charge is 2.26. The molecule has 45 heavy (non-hydrogen) atoms. The Kier molecular flexibility index (Phi) is 11.9. The topological polar surface area (TPSA) is 156 Å². The number of carbonyl (C=O) groups is 7. The molecule has 0 bridgehead atoms. The fourth-order valence-corrected chi connectivity index (χ4v) is 4.95. The van der Waals surface area contributed by atoms with Crippen LogP contribution in [0.15, 0.2) is 42.5 Å². The molecule has 1 N–H and O–H groups in total. The summed E-state index contributed by atoms with van der Waals surface area (Å²) in [5.41, 5.74) is 0.528. The Morgan fingerprint density at radius 1 is 0.822 bits per heavy atom. The van der Waals surface area contributed by atoms with Gasteiger partial charge in [0.05, 0.1) is 11.6 Å². The highest BCUT2D eigenvalue weighted by Crippen LogP contribution is 2.29. The zero-order valence-corrected chi connectivity index (χ0v) is 26.4. The third kappa shape index (κ3) is 10.8. The average Bonchev–Trinajstić information content (AvgIpc) is 3.43. The van der Waals surface area contributed by atoms with E-state index in [2.05, 4.69) is 5.32 Å². The average molecular weight is 624 g/mol. The summed E-state index contributed by atoms with van der Waals surface area (Å²) in [5.74, 6) is -3.10. The van der Waals surface area contributed by atoms with E-state index >= 15 is 0 Å². The molecule has 2 aliphatic rings. The lowest BCUT2D eigenvalue weighted by atomic mass is 9.91. The van der Waals surface area contributed by atoms with Gasteiger partial charge in [-0.25, -0.2) is 0 Å². The van der Waals surface area contributed by atoms with Gasteiger partial charge in [-0.2, -0.15) is 0 Å². The van der Waals surface area contributed by atoms with Gasteiger partial charge in [0, 0.05) is 50.2 Å². The lowest BCUT2D eigenvalue weighted by molar-refractivity contribution is -0.160. The first-order valence-corrected chi connectivity index (χ1v) is 15.1. The zero-order valence-electron chi connectivity index (χ0n) is 26.4. The molecule has 242 valence electrons. The van der Waals surface area contributed by atoms with Crippen LogP contribution < -0.4 is 10.1 Å². The number of esters is 2. The van der Waals surface area contributed by atoms with Gasteiger partial charge in [0.25, 0.3) is 23.6 Å². The van der Waals surface area contributed by atoms with Crippen molar-refractivity contribution < 1.29 is 43.0 Å². The van der Waals surface area contributed by atoms with Gasteiger partial charge in [0.2, 0.25) is 5.91 Å². The zero-order chi connectivity index (χ0) is 33.3. The van der Waals surface area contributed by atoms with Gasteiger partial charge in [-0.1, -0.05) is 19.9 Å². The van der Waals surface area contributed by atoms with Gasteiger partial charge < -0.3 is 14.8 Å². The molecule has 0 spiro atoms. The van der Waals surface area contributed by atoms with Gasteiger partial charge in [-0.15, -0.1) is 0 Å². The van der Waals surface area contributed by atoms with Crippen LogP contribution in [-0.4, -0.2) is 70.0 Å². The minimum atomic E-state index is -0.608. The summed E-state index contributed by atoms with van der Waals surface area (Å²) in [6.45, 7) is 9.45. The summed E-state index contributed by atoms with van der Waals surface area (Å²) in [4.78, 5) is 87.1. The maximum atomic E-state index is 12.9. The number of amides is 5. The first-order chi connectivity index (χ1) is 21.1. The maximum absolute atomic E-state index is 12.9. The van der Waals surface area contributed by atoms with E-state index in [1.807, 2.05) is 34.6 Å². The summed E-state index contributed by atoms with van der Waals surface area (Å²) in [6.07, 6.45) is 6.24. The summed E-state index contributed by atoms with van der Waals surface area (Å²) < 4.78 is 11.0. The minimum Gasteiger partial charge on any atom is -0.460 e. The van der Waals surface area contributed by atoms with E-state index in [-0.39, 0.29) is 68.0 Å². The fraction of sp³-hybridized carbons (Fsp3) is 0.485. The second kappa shape index (κ2) is 15.4. The van der Waals surface area contributed by atoms with Crippen molar-refractivity contribution in [3.63, 3.8) is 0 Å². The molecular formula is C33H41N3O9. The molecule has 12 nitrogen and oxygen atoms in total. The number of nitrogens with one attached hydrogen (secondary N) is 1. The Balaban J connectivity index is 1.64. The van der Waals surface area contributed by atoms with Crippen molar-refractivity contribution in [2.45, 2.75) is 78.7 Å². The summed E-state index contributed by atoms with van der Waals surface area (Å²) >= 11 is 0. The molecule has 0 saturated carbocycles. The van der Waals surface area contributed by atoms with Crippen molar-refractivity contribution in [2.75, 3.05) is 18.4 Å². The summed E-state index contributed by atoms with van der Waals surface area (Å²) in [5, 5.41) is 2.77. The lowest BCUT2D eigenvalue weighted by Gasteiger charge is -2.23. The molecule has 3 rings (SSSR count). The van der Waals surface area contributed by atoms with Crippen LogP contribution in [-0.2, 0) is 44.7 Å². The second-order valence-electron chi connectivity index (χ2n) is 12.4. The Hall–Kier alpha value is -4.61. The van der Waals surface area contributed by atoms with E-state index < -0.39 is 41.1 Å². The van der Waals surface area contributed by atoms with E-state index in [0.29, 0.717) is 12.8 Å². The number of benzene rings is 1. The molecule has 5 amide bonds. The Labute approximate surface area is 262 Å². The SMILES string of the molecule is CC(C[C@@H](C)Cc1ccc(OC(=O)CCCN2C(=O)C=CC2=O)c(NC(=O)CCCN2C(=O)C=CC2=O)c1)C(=O)OC(C)(C)C. The molecule has 12 heteroatoms. The number of hydrogen-bond donors (Lipinski definition) is 1. The van der Waals surface area contributed by atoms with E-state index in [4.69, 9.17) is 9.47 Å². The predicted molar refractivity (Wildman–Crippen MR) is 163 cm³/mol. The van der Waals surface area contributed by atoms with Gasteiger partial charge in [0.15, 0.2) is 5.75 Å². The van der Waals surface area contributed by atoms with Crippen molar-refractivity contribution >= 4 is 47.2 Å². The molecule has 0 aliphatic carbocycles. The number of nitrogens with zero attached hydrogens (tertiary/aromatic N) is 2. The monoisotopic (exact) mass is 623 g/mol. The molecule has 2 aliphatic heterocycles. The van der Waals surface area contributed by atoms with Crippen LogP contribution in [0.1, 0.15) is 72.3 Å². The van der Waals surface area contributed by atoms with Crippen molar-refractivity contribution in [3.8, 4) is 5.75 Å². The molecule has 0 aromatic heterocycles. The van der Waals surface area contributed by atoms with Crippen LogP contribution in [0, 0.1) is 11.8 Å². The summed E-state index contributed by atoms with van der Waals surface area (Å²) in [6, 6.07) is 5.06. The molecule has 1 aromatic carbocycles. The van der Waals surface area contributed by atoms with E-state index in [0.717, 1.165) is 15.4 Å². The van der Waals surface area contributed by atoms with Crippen molar-refractivity contribution in [3.05, 3.63) is 48.1 Å². The molecule has 0 saturated heterocycles. The number of carbonyl (C=O) groups excluding carboxylic acids is 7. The number of rotatable bonds is 15. The lowest BCUT2D eigenvalue weighted by Crippen LogP contribution is -2.31. The molecule has 2 heterocycles. The number of hydrogen-bond acceptors (Lipinski definition) is 9. The van der Waals surface area contributed by atoms with Crippen LogP contribution in [0.3, 0.4) is 0 Å². The first-order valence-electron chi connectivity index (χ1n) is 15.1. The minimum absolute atomic E-state index is 0.00437. The van der Waals surface area contributed by atoms with Crippen LogP contribution in [0.4, 0.5) is 5.69 Å². The molecule has 1 unspecified atom stereocenters. The molecule has 1 aromatic rings. The smallest absolute Gasteiger partial charge is 0.311 e. The molecule has 2 atom stereocenters. The van der Waals surface area contributed by atoms with Crippen LogP contribution in [0.5, 0.6) is 5.75 Å². The van der Waals surface area contributed by atoms with Crippen molar-refractivity contribution in [1.29, 1.82) is 0 Å².